The zero-order valence-electron chi connectivity index (χ0n) is 15.6. The van der Waals surface area contributed by atoms with E-state index in [2.05, 4.69) is 22.4 Å². The van der Waals surface area contributed by atoms with E-state index in [4.69, 9.17) is 0 Å². The molecular weight excluding hydrogens is 350 g/mol. The fourth-order valence-corrected chi connectivity index (χ4v) is 4.82. The van der Waals surface area contributed by atoms with E-state index in [1.54, 1.807) is 13.1 Å². The number of amides is 2. The Morgan fingerprint density at radius 2 is 1.82 bits per heavy atom. The number of hydrogen-bond donors (Lipinski definition) is 1. The second kappa shape index (κ2) is 6.44. The van der Waals surface area contributed by atoms with Crippen molar-refractivity contribution in [2.45, 2.75) is 18.9 Å². The van der Waals surface area contributed by atoms with Crippen molar-refractivity contribution in [3.8, 4) is 0 Å². The van der Waals surface area contributed by atoms with Gasteiger partial charge in [0.2, 0.25) is 5.91 Å². The number of nitrogens with zero attached hydrogens (tertiary/aromatic N) is 2. The second-order valence-electron chi connectivity index (χ2n) is 7.65. The van der Waals surface area contributed by atoms with Gasteiger partial charge in [0.25, 0.3) is 5.91 Å². The summed E-state index contributed by atoms with van der Waals surface area (Å²) in [4.78, 5) is 31.4. The van der Waals surface area contributed by atoms with E-state index in [0.29, 0.717) is 12.1 Å². The Kier molecular flexibility index (Phi) is 3.90. The summed E-state index contributed by atoms with van der Waals surface area (Å²) in [6, 6.07) is 17.6. The van der Waals surface area contributed by atoms with E-state index < -0.39 is 0 Å². The molecule has 0 spiro atoms. The summed E-state index contributed by atoms with van der Waals surface area (Å²) in [6.07, 6.45) is 1.73. The van der Waals surface area contributed by atoms with E-state index >= 15 is 0 Å². The predicted octanol–water partition coefficient (Wildman–Crippen LogP) is 3.28. The molecule has 2 heterocycles. The number of fused-ring (bicyclic) bond motifs is 4. The number of likely N-dealkylation sites (tertiary alicyclic amines) is 1. The molecule has 3 aromatic rings. The fourth-order valence-electron chi connectivity index (χ4n) is 4.82. The second-order valence-corrected chi connectivity index (χ2v) is 7.65. The average Bonchev–Trinajstić information content (AvgIpc) is 3.27. The minimum absolute atomic E-state index is 0.0926. The van der Waals surface area contributed by atoms with Gasteiger partial charge in [0.15, 0.2) is 0 Å². The Bertz CT molecular complexity index is 1090. The van der Waals surface area contributed by atoms with Crippen LogP contribution >= 0.6 is 0 Å². The number of carbonyl (C=O) groups is 2. The van der Waals surface area contributed by atoms with Crippen molar-refractivity contribution in [3.05, 3.63) is 77.5 Å². The SMILES string of the molecule is CC(=O)N1C[C@H]2[C@@H](C1)c1ccccc1[C@@H]2NC(=O)c1cccc2ncccc12. The summed E-state index contributed by atoms with van der Waals surface area (Å²) in [5.41, 5.74) is 3.87. The van der Waals surface area contributed by atoms with Gasteiger partial charge in [-0.3, -0.25) is 14.6 Å². The molecule has 140 valence electrons. The predicted molar refractivity (Wildman–Crippen MR) is 107 cm³/mol. The topological polar surface area (TPSA) is 62.3 Å². The lowest BCUT2D eigenvalue weighted by Crippen LogP contribution is -2.34. The van der Waals surface area contributed by atoms with E-state index in [1.165, 1.54) is 11.1 Å². The molecule has 2 aliphatic rings. The van der Waals surface area contributed by atoms with Crippen molar-refractivity contribution in [2.75, 3.05) is 13.1 Å². The van der Waals surface area contributed by atoms with Crippen LogP contribution in [0.2, 0.25) is 0 Å². The molecule has 1 aliphatic heterocycles. The first-order valence-electron chi connectivity index (χ1n) is 9.62. The highest BCUT2D eigenvalue weighted by Crippen LogP contribution is 2.49. The molecule has 2 aromatic carbocycles. The minimum atomic E-state index is -0.0969. The van der Waals surface area contributed by atoms with Crippen LogP contribution in [0.15, 0.2) is 60.8 Å². The molecular formula is C23H21N3O2. The van der Waals surface area contributed by atoms with Gasteiger partial charge >= 0.3 is 0 Å². The first-order valence-corrected chi connectivity index (χ1v) is 9.62. The lowest BCUT2D eigenvalue weighted by atomic mass is 9.94. The van der Waals surface area contributed by atoms with Crippen molar-refractivity contribution in [3.63, 3.8) is 0 Å². The maximum atomic E-state index is 13.2. The van der Waals surface area contributed by atoms with Crippen LogP contribution in [0.1, 0.15) is 40.4 Å². The number of rotatable bonds is 2. The van der Waals surface area contributed by atoms with Crippen LogP contribution in [0.3, 0.4) is 0 Å². The summed E-state index contributed by atoms with van der Waals surface area (Å²) in [7, 11) is 0. The Labute approximate surface area is 163 Å². The molecule has 0 saturated carbocycles. The normalized spacial score (nSPS) is 22.8. The highest BCUT2D eigenvalue weighted by atomic mass is 16.2. The fraction of sp³-hybridized carbons (Fsp3) is 0.261. The molecule has 28 heavy (non-hydrogen) atoms. The number of carbonyl (C=O) groups excluding carboxylic acids is 2. The van der Waals surface area contributed by atoms with Crippen LogP contribution in [-0.2, 0) is 4.79 Å². The number of pyridine rings is 1. The van der Waals surface area contributed by atoms with E-state index in [9.17, 15) is 9.59 Å². The van der Waals surface area contributed by atoms with E-state index in [-0.39, 0.29) is 29.7 Å². The Morgan fingerprint density at radius 1 is 1.00 bits per heavy atom. The molecule has 2 amide bonds. The van der Waals surface area contributed by atoms with Gasteiger partial charge in [-0.25, -0.2) is 0 Å². The number of aromatic nitrogens is 1. The molecule has 1 saturated heterocycles. The van der Waals surface area contributed by atoms with Gasteiger partial charge in [-0.05, 0) is 29.3 Å². The molecule has 1 aromatic heterocycles. The smallest absolute Gasteiger partial charge is 0.252 e. The Hall–Kier alpha value is -3.21. The molecule has 5 rings (SSSR count). The van der Waals surface area contributed by atoms with Crippen molar-refractivity contribution >= 4 is 22.7 Å². The van der Waals surface area contributed by atoms with Crippen molar-refractivity contribution < 1.29 is 9.59 Å². The molecule has 0 radical (unpaired) electrons. The third-order valence-corrected chi connectivity index (χ3v) is 6.15. The van der Waals surface area contributed by atoms with Gasteiger partial charge in [0, 0.05) is 49.0 Å². The molecule has 0 bridgehead atoms. The monoisotopic (exact) mass is 371 g/mol. The minimum Gasteiger partial charge on any atom is -0.345 e. The number of hydrogen-bond acceptors (Lipinski definition) is 3. The first kappa shape index (κ1) is 16.9. The largest absolute Gasteiger partial charge is 0.345 e. The maximum absolute atomic E-state index is 13.2. The highest BCUT2D eigenvalue weighted by Gasteiger charge is 2.47. The third kappa shape index (κ3) is 2.58. The van der Waals surface area contributed by atoms with Crippen LogP contribution < -0.4 is 5.32 Å². The zero-order valence-corrected chi connectivity index (χ0v) is 15.6. The van der Waals surface area contributed by atoms with Crippen molar-refractivity contribution in [1.82, 2.24) is 15.2 Å². The van der Waals surface area contributed by atoms with Crippen LogP contribution in [0, 0.1) is 5.92 Å². The van der Waals surface area contributed by atoms with Crippen molar-refractivity contribution in [1.29, 1.82) is 0 Å². The summed E-state index contributed by atoms with van der Waals surface area (Å²) < 4.78 is 0. The lowest BCUT2D eigenvalue weighted by molar-refractivity contribution is -0.128. The molecule has 1 fully saturated rings. The molecule has 5 nitrogen and oxygen atoms in total. The van der Waals surface area contributed by atoms with Gasteiger partial charge in [0.1, 0.15) is 0 Å². The molecule has 3 atom stereocenters. The van der Waals surface area contributed by atoms with Gasteiger partial charge < -0.3 is 10.2 Å². The maximum Gasteiger partial charge on any atom is 0.252 e. The lowest BCUT2D eigenvalue weighted by Gasteiger charge is -2.22. The number of benzene rings is 2. The van der Waals surface area contributed by atoms with Gasteiger partial charge in [-0.2, -0.15) is 0 Å². The van der Waals surface area contributed by atoms with Gasteiger partial charge in [-0.15, -0.1) is 0 Å². The van der Waals surface area contributed by atoms with E-state index in [1.807, 2.05) is 47.4 Å². The third-order valence-electron chi connectivity index (χ3n) is 6.15. The van der Waals surface area contributed by atoms with Crippen LogP contribution in [-0.4, -0.2) is 34.8 Å². The Morgan fingerprint density at radius 3 is 2.64 bits per heavy atom. The van der Waals surface area contributed by atoms with Gasteiger partial charge in [-0.1, -0.05) is 36.4 Å². The molecule has 1 N–H and O–H groups in total. The molecule has 1 aliphatic carbocycles. The van der Waals surface area contributed by atoms with E-state index in [0.717, 1.165) is 17.4 Å². The first-order chi connectivity index (χ1) is 13.6. The van der Waals surface area contributed by atoms with Crippen LogP contribution in [0.25, 0.3) is 10.9 Å². The van der Waals surface area contributed by atoms with Gasteiger partial charge in [0.05, 0.1) is 11.6 Å². The quantitative estimate of drug-likeness (QED) is 0.752. The zero-order chi connectivity index (χ0) is 19.3. The average molecular weight is 371 g/mol. The summed E-state index contributed by atoms with van der Waals surface area (Å²) in [5, 5.41) is 4.12. The Balaban J connectivity index is 1.50. The number of nitrogens with one attached hydrogen (secondary N) is 1. The van der Waals surface area contributed by atoms with Crippen LogP contribution in [0.4, 0.5) is 0 Å². The van der Waals surface area contributed by atoms with Crippen molar-refractivity contribution in [2.24, 2.45) is 5.92 Å². The summed E-state index contributed by atoms with van der Waals surface area (Å²) in [6.45, 7) is 3.02. The molecule has 0 unspecified atom stereocenters. The summed E-state index contributed by atoms with van der Waals surface area (Å²) >= 11 is 0. The van der Waals surface area contributed by atoms with Crippen LogP contribution in [0.5, 0.6) is 0 Å². The summed E-state index contributed by atoms with van der Waals surface area (Å²) in [5.74, 6) is 0.482. The standard InChI is InChI=1S/C23H21N3O2/c1-14(27)26-12-19-15-6-2-3-7-17(15)22(20(19)13-26)25-23(28)18-8-4-10-21-16(18)9-5-11-24-21/h2-11,19-20,22H,12-13H2,1H3,(H,25,28)/t19-,20-,22-/m0/s1. The molecule has 5 heteroatoms. The highest BCUT2D eigenvalue weighted by molar-refractivity contribution is 6.06.